The van der Waals surface area contributed by atoms with Crippen LogP contribution in [-0.4, -0.2) is 77.4 Å². The molecule has 3 aromatic carbocycles. The normalized spacial score (nSPS) is 20.0. The van der Waals surface area contributed by atoms with Crippen LogP contribution in [0.1, 0.15) is 228 Å². The van der Waals surface area contributed by atoms with Crippen molar-refractivity contribution in [2.24, 2.45) is 11.8 Å². The van der Waals surface area contributed by atoms with E-state index in [-0.39, 0.29) is 104 Å². The average molecular weight is 1000 g/mol. The van der Waals surface area contributed by atoms with E-state index in [1.54, 1.807) is 12.9 Å². The van der Waals surface area contributed by atoms with Gasteiger partial charge in [0.2, 0.25) is 30.1 Å². The van der Waals surface area contributed by atoms with Crippen LogP contribution in [0, 0.1) is 11.8 Å². The Hall–Kier alpha value is -3.13. The number of sulfonamides is 3. The zero-order valence-electron chi connectivity index (χ0n) is 45.1. The molecule has 0 saturated carbocycles. The highest BCUT2D eigenvalue weighted by molar-refractivity contribution is 7.89. The van der Waals surface area contributed by atoms with Crippen molar-refractivity contribution in [3.05, 3.63) is 109 Å². The minimum absolute atomic E-state index is 0.0536. The van der Waals surface area contributed by atoms with Crippen LogP contribution in [0.2, 0.25) is 0 Å². The van der Waals surface area contributed by atoms with Crippen LogP contribution in [0.5, 0.6) is 0 Å². The zero-order valence-corrected chi connectivity index (χ0v) is 47.5. The van der Waals surface area contributed by atoms with Crippen molar-refractivity contribution in [1.29, 1.82) is 0 Å². The number of nitrogens with zero attached hydrogens (tertiary/aromatic N) is 3. The molecule has 0 unspecified atom stereocenters. The van der Waals surface area contributed by atoms with E-state index in [1.165, 1.54) is 0 Å². The molecule has 0 bridgehead atoms. The summed E-state index contributed by atoms with van der Waals surface area (Å²) < 4.78 is 98.1. The fourth-order valence-corrected chi connectivity index (χ4v) is 17.7. The van der Waals surface area contributed by atoms with Crippen molar-refractivity contribution in [1.82, 2.24) is 12.9 Å². The van der Waals surface area contributed by atoms with Crippen molar-refractivity contribution in [3.63, 3.8) is 0 Å². The Kier molecular flexibility index (Phi) is 15.1. The summed E-state index contributed by atoms with van der Waals surface area (Å²) in [5.41, 5.74) is 11.7. The van der Waals surface area contributed by atoms with Crippen molar-refractivity contribution in [2.75, 3.05) is 39.3 Å². The molecule has 1 aliphatic carbocycles. The Morgan fingerprint density at radius 3 is 0.754 bits per heavy atom. The van der Waals surface area contributed by atoms with Gasteiger partial charge in [0.25, 0.3) is 0 Å². The third-order valence-electron chi connectivity index (χ3n) is 15.7. The van der Waals surface area contributed by atoms with Gasteiger partial charge in [-0.3, -0.25) is 0 Å². The molecular weight excluding hydrogens is 919 g/mol. The van der Waals surface area contributed by atoms with Crippen LogP contribution in [-0.2, 0) is 30.1 Å². The van der Waals surface area contributed by atoms with Gasteiger partial charge in [0.05, 0.1) is 14.7 Å². The Labute approximate surface area is 418 Å². The summed E-state index contributed by atoms with van der Waals surface area (Å²) >= 11 is 0. The van der Waals surface area contributed by atoms with Crippen LogP contribution < -0.4 is 0 Å². The highest BCUT2D eigenvalue weighted by atomic mass is 32.2. The predicted octanol–water partition coefficient (Wildman–Crippen LogP) is 13.0. The first-order chi connectivity index (χ1) is 31.9. The van der Waals surface area contributed by atoms with Crippen LogP contribution >= 0.6 is 0 Å². The summed E-state index contributed by atoms with van der Waals surface area (Å²) in [5.74, 6) is -0.332. The molecule has 2 atom stereocenters. The second-order valence-electron chi connectivity index (χ2n) is 23.6. The van der Waals surface area contributed by atoms with Crippen molar-refractivity contribution in [3.8, 4) is 0 Å². The number of rotatable bonds is 15. The quantitative estimate of drug-likeness (QED) is 0.150. The number of hydrogen-bond donors (Lipinski definition) is 0. The van der Waals surface area contributed by atoms with E-state index in [2.05, 4.69) is 161 Å². The molecule has 3 aromatic rings. The smallest absolute Gasteiger partial charge is 0.207 e. The van der Waals surface area contributed by atoms with E-state index in [1.807, 2.05) is 0 Å². The first-order valence-electron chi connectivity index (χ1n) is 25.9. The van der Waals surface area contributed by atoms with E-state index < -0.39 is 30.1 Å². The van der Waals surface area contributed by atoms with Crippen molar-refractivity contribution < 1.29 is 25.3 Å². The van der Waals surface area contributed by atoms with E-state index in [9.17, 15) is 0 Å². The van der Waals surface area contributed by atoms with Gasteiger partial charge < -0.3 is 0 Å². The summed E-state index contributed by atoms with van der Waals surface area (Å²) in [6.07, 6.45) is 0. The maximum atomic E-state index is 15.5. The fourth-order valence-electron chi connectivity index (χ4n) is 11.5. The van der Waals surface area contributed by atoms with Gasteiger partial charge >= 0.3 is 0 Å². The van der Waals surface area contributed by atoms with Gasteiger partial charge in [0.15, 0.2) is 0 Å². The lowest BCUT2D eigenvalue weighted by atomic mass is 9.75. The van der Waals surface area contributed by atoms with Gasteiger partial charge in [0, 0.05) is 51.1 Å². The molecule has 380 valence electrons. The number of hydrogen-bond acceptors (Lipinski definition) is 6. The summed E-state index contributed by atoms with van der Waals surface area (Å²) in [7, 11) is -12.3. The maximum Gasteiger partial charge on any atom is 0.244 e. The summed E-state index contributed by atoms with van der Waals surface area (Å²) in [6, 6.07) is 12.4. The SMILES string of the molecule is CC(C)c1cc(C(C)C)c(S(=O)(=O)N2CC3=C4CN(S(=O)(=O)c5c(C(C)C)cc(C(C)C)cc5C(C)C)C[C@@H]4[C@H]4CN(S(=O)(=O)c5c(C(C)C)cc(C(C)C)cc5C(C)C)CC4=C3C2)c(C(C)C)c1. The van der Waals surface area contributed by atoms with Gasteiger partial charge in [-0.15, -0.1) is 0 Å². The standard InChI is InChI=1S/C57H83N3O6S3/c1-31(2)40-19-43(34(7)8)55(44(20-40)35(9)10)67(61,62)58-25-49-50(26-58)52-28-60(69(65,66)57-47(38(15)16)23-42(33(5)6)24-48(57)39(17)18)30-54(52)53-29-59(27-51(49)53)68(63,64)56-45(36(11)12)21-41(32(3)4)22-46(56)37(13)14/h19-24,31-39,49,51H,25-30H2,1-18H3/t49-,51+/m0/s1. The van der Waals surface area contributed by atoms with Gasteiger partial charge in [-0.25, -0.2) is 25.3 Å². The van der Waals surface area contributed by atoms with Crippen molar-refractivity contribution >= 4 is 30.1 Å². The second kappa shape index (κ2) is 19.4. The monoisotopic (exact) mass is 1000 g/mol. The van der Waals surface area contributed by atoms with Crippen molar-refractivity contribution in [2.45, 2.75) is 193 Å². The third-order valence-corrected chi connectivity index (χ3v) is 21.5. The fraction of sp³-hybridized carbons (Fsp3) is 0.614. The van der Waals surface area contributed by atoms with Crippen LogP contribution in [0.4, 0.5) is 0 Å². The molecule has 4 aliphatic rings. The van der Waals surface area contributed by atoms with Gasteiger partial charge in [-0.1, -0.05) is 161 Å². The molecule has 0 N–H and O–H groups in total. The highest BCUT2D eigenvalue weighted by Gasteiger charge is 2.53. The van der Waals surface area contributed by atoms with Crippen LogP contribution in [0.15, 0.2) is 73.4 Å². The van der Waals surface area contributed by atoms with Crippen LogP contribution in [0.3, 0.4) is 0 Å². The molecule has 3 saturated heterocycles. The Morgan fingerprint density at radius 1 is 0.333 bits per heavy atom. The molecule has 0 radical (unpaired) electrons. The summed E-state index contributed by atoms with van der Waals surface area (Å²) in [4.78, 5) is 1.12. The molecular formula is C57H83N3O6S3. The molecule has 69 heavy (non-hydrogen) atoms. The minimum atomic E-state index is -4.10. The average Bonchev–Trinajstić information content (AvgIpc) is 4.03. The zero-order chi connectivity index (χ0) is 51.3. The molecule has 3 heterocycles. The van der Waals surface area contributed by atoms with Gasteiger partial charge in [0.1, 0.15) is 0 Å². The lowest BCUT2D eigenvalue weighted by Crippen LogP contribution is -2.34. The molecule has 7 rings (SSSR count). The minimum Gasteiger partial charge on any atom is -0.207 e. The number of fused-ring (bicyclic) bond motifs is 4. The Morgan fingerprint density at radius 2 is 0.551 bits per heavy atom. The predicted molar refractivity (Wildman–Crippen MR) is 283 cm³/mol. The first kappa shape index (κ1) is 53.7. The van der Waals surface area contributed by atoms with Gasteiger partial charge in [-0.2, -0.15) is 12.9 Å². The summed E-state index contributed by atoms with van der Waals surface area (Å²) in [5, 5.41) is 0. The highest BCUT2D eigenvalue weighted by Crippen LogP contribution is 2.52. The first-order valence-corrected chi connectivity index (χ1v) is 30.2. The third kappa shape index (κ3) is 9.43. The maximum absolute atomic E-state index is 15.5. The Bertz CT molecular complexity index is 2690. The molecule has 0 aromatic heterocycles. The molecule has 9 nitrogen and oxygen atoms in total. The molecule has 0 spiro atoms. The lowest BCUT2D eigenvalue weighted by molar-refractivity contribution is 0.382. The van der Waals surface area contributed by atoms with E-state index in [0.29, 0.717) is 14.7 Å². The van der Waals surface area contributed by atoms with Gasteiger partial charge in [-0.05, 0) is 126 Å². The second-order valence-corrected chi connectivity index (χ2v) is 29.2. The summed E-state index contributed by atoms with van der Waals surface area (Å²) in [6.45, 7) is 38.3. The topological polar surface area (TPSA) is 112 Å². The molecule has 3 fully saturated rings. The lowest BCUT2D eigenvalue weighted by Gasteiger charge is -2.29. The van der Waals surface area contributed by atoms with Crippen LogP contribution in [0.25, 0.3) is 0 Å². The molecule has 12 heteroatoms. The van der Waals surface area contributed by atoms with E-state index in [4.69, 9.17) is 0 Å². The number of benzene rings is 3. The largest absolute Gasteiger partial charge is 0.244 e. The van der Waals surface area contributed by atoms with E-state index in [0.717, 1.165) is 72.4 Å². The van der Waals surface area contributed by atoms with E-state index >= 15 is 25.3 Å². The molecule has 0 amide bonds. The molecule has 3 aliphatic heterocycles. The Balaban J connectivity index is 1.42.